The Morgan fingerprint density at radius 3 is 2.46 bits per heavy atom. The first-order valence-electron chi connectivity index (χ1n) is 3.60. The number of rotatable bonds is 2. The zero-order valence-corrected chi connectivity index (χ0v) is 7.52. The average Bonchev–Trinajstić information content (AvgIpc) is 2.21. The third kappa shape index (κ3) is 3.48. The molecule has 1 heterocycles. The van der Waals surface area contributed by atoms with Gasteiger partial charge in [0.05, 0.1) is 4.92 Å². The fourth-order valence-electron chi connectivity index (χ4n) is 0.642. The fourth-order valence-corrected chi connectivity index (χ4v) is 0.642. The molecule has 3 N–H and O–H groups in total. The van der Waals surface area contributed by atoms with Gasteiger partial charge in [0.2, 0.25) is 0 Å². The molecule has 0 saturated heterocycles. The molecule has 1 rings (SSSR count). The van der Waals surface area contributed by atoms with Crippen molar-refractivity contribution in [2.24, 2.45) is 5.73 Å². The maximum absolute atomic E-state index is 10.1. The zero-order chi connectivity index (χ0) is 10.3. The van der Waals surface area contributed by atoms with Gasteiger partial charge in [0, 0.05) is 13.1 Å². The third-order valence-electron chi connectivity index (χ3n) is 1.21. The summed E-state index contributed by atoms with van der Waals surface area (Å²) in [6, 6.07) is 2.96. The second kappa shape index (κ2) is 5.90. The van der Waals surface area contributed by atoms with Crippen LogP contribution < -0.4 is 11.1 Å². The van der Waals surface area contributed by atoms with Crippen molar-refractivity contribution in [1.29, 1.82) is 0 Å². The van der Waals surface area contributed by atoms with Gasteiger partial charge in [0.1, 0.15) is 12.0 Å². The highest BCUT2D eigenvalue weighted by molar-refractivity contribution is 5.39. The number of pyridine rings is 1. The summed E-state index contributed by atoms with van der Waals surface area (Å²) in [5.41, 5.74) is 4.50. The van der Waals surface area contributed by atoms with Gasteiger partial charge in [0.15, 0.2) is 0 Å². The molecule has 13 heavy (non-hydrogen) atoms. The molecule has 0 aliphatic carbocycles. The maximum Gasteiger partial charge on any atom is 0.287 e. The molecule has 0 spiro atoms. The summed E-state index contributed by atoms with van der Waals surface area (Å²) in [4.78, 5) is 13.4. The molecule has 0 aromatic carbocycles. The van der Waals surface area contributed by atoms with Crippen molar-refractivity contribution >= 4 is 11.5 Å². The summed E-state index contributed by atoms with van der Waals surface area (Å²) in [7, 11) is 3.20. The van der Waals surface area contributed by atoms with Crippen molar-refractivity contribution in [2.75, 3.05) is 19.4 Å². The molecule has 6 heteroatoms. The van der Waals surface area contributed by atoms with Crippen LogP contribution in [0.2, 0.25) is 0 Å². The molecule has 1 aromatic rings. The second-order valence-electron chi connectivity index (χ2n) is 1.91. The molecule has 1 aromatic heterocycles. The molecule has 6 nitrogen and oxygen atoms in total. The number of nitrogens with one attached hydrogen (secondary N) is 1. The first kappa shape index (κ1) is 11.3. The van der Waals surface area contributed by atoms with Crippen molar-refractivity contribution < 1.29 is 4.92 Å². The van der Waals surface area contributed by atoms with Gasteiger partial charge in [-0.1, -0.05) is 0 Å². The minimum atomic E-state index is -0.480. The van der Waals surface area contributed by atoms with Crippen molar-refractivity contribution in [3.8, 4) is 0 Å². The zero-order valence-electron chi connectivity index (χ0n) is 7.52. The van der Waals surface area contributed by atoms with E-state index in [2.05, 4.69) is 16.0 Å². The van der Waals surface area contributed by atoms with Gasteiger partial charge in [-0.25, -0.2) is 4.98 Å². The van der Waals surface area contributed by atoms with Gasteiger partial charge >= 0.3 is 0 Å². The largest absolute Gasteiger partial charge is 0.373 e. The summed E-state index contributed by atoms with van der Waals surface area (Å²) < 4.78 is 0. The van der Waals surface area contributed by atoms with Gasteiger partial charge in [-0.2, -0.15) is 0 Å². The van der Waals surface area contributed by atoms with E-state index in [1.807, 2.05) is 0 Å². The third-order valence-corrected chi connectivity index (χ3v) is 1.21. The van der Waals surface area contributed by atoms with Gasteiger partial charge in [0.25, 0.3) is 5.69 Å². The second-order valence-corrected chi connectivity index (χ2v) is 1.91. The molecule has 0 aliphatic rings. The van der Waals surface area contributed by atoms with Crippen molar-refractivity contribution in [2.45, 2.75) is 0 Å². The fraction of sp³-hybridized carbons (Fsp3) is 0.286. The van der Waals surface area contributed by atoms with Crippen molar-refractivity contribution in [3.63, 3.8) is 0 Å². The van der Waals surface area contributed by atoms with E-state index >= 15 is 0 Å². The molecule has 0 unspecified atom stereocenters. The highest BCUT2D eigenvalue weighted by atomic mass is 16.6. The van der Waals surface area contributed by atoms with E-state index < -0.39 is 4.92 Å². The molecule has 0 fully saturated rings. The Morgan fingerprint density at radius 2 is 2.15 bits per heavy atom. The number of nitro groups is 1. The van der Waals surface area contributed by atoms with Crippen LogP contribution in [0.4, 0.5) is 11.5 Å². The Morgan fingerprint density at radius 1 is 1.54 bits per heavy atom. The Balaban J connectivity index is 0.000000671. The quantitative estimate of drug-likeness (QED) is 0.518. The highest BCUT2D eigenvalue weighted by Crippen LogP contribution is 2.10. The number of hydrogen-bond acceptors (Lipinski definition) is 5. The molecule has 0 radical (unpaired) electrons. The molecule has 0 atom stereocenters. The SMILES string of the molecule is CN.CNc1ccc([N+](=O)[O-])cn1. The van der Waals surface area contributed by atoms with E-state index in [4.69, 9.17) is 0 Å². The van der Waals surface area contributed by atoms with E-state index in [1.165, 1.54) is 19.3 Å². The topological polar surface area (TPSA) is 94.1 Å². The van der Waals surface area contributed by atoms with E-state index in [1.54, 1.807) is 13.1 Å². The van der Waals surface area contributed by atoms with E-state index in [-0.39, 0.29) is 5.69 Å². The first-order chi connectivity index (χ1) is 6.24. The summed E-state index contributed by atoms with van der Waals surface area (Å²) >= 11 is 0. The van der Waals surface area contributed by atoms with Crippen LogP contribution in [0.15, 0.2) is 18.3 Å². The molecule has 0 aliphatic heterocycles. The monoisotopic (exact) mass is 184 g/mol. The smallest absolute Gasteiger partial charge is 0.287 e. The van der Waals surface area contributed by atoms with Gasteiger partial charge in [-0.05, 0) is 13.1 Å². The Bertz CT molecular complexity index is 260. The predicted octanol–water partition coefficient (Wildman–Crippen LogP) is 0.606. The molecule has 0 bridgehead atoms. The summed E-state index contributed by atoms with van der Waals surface area (Å²) in [5.74, 6) is 0.621. The van der Waals surface area contributed by atoms with Crippen LogP contribution in [-0.2, 0) is 0 Å². The molecular weight excluding hydrogens is 172 g/mol. The lowest BCUT2D eigenvalue weighted by Gasteiger charge is -1.95. The van der Waals surface area contributed by atoms with E-state index in [9.17, 15) is 10.1 Å². The molecule has 0 saturated carbocycles. The minimum absolute atomic E-state index is 0.00370. The molecular formula is C7H12N4O2. The van der Waals surface area contributed by atoms with Crippen LogP contribution in [-0.4, -0.2) is 24.0 Å². The first-order valence-corrected chi connectivity index (χ1v) is 3.60. The Labute approximate surface area is 75.9 Å². The van der Waals surface area contributed by atoms with Crippen molar-refractivity contribution in [1.82, 2.24) is 4.98 Å². The molecule has 72 valence electrons. The lowest BCUT2D eigenvalue weighted by molar-refractivity contribution is -0.385. The summed E-state index contributed by atoms with van der Waals surface area (Å²) in [6.45, 7) is 0. The highest BCUT2D eigenvalue weighted by Gasteiger charge is 2.03. The Hall–Kier alpha value is -1.69. The van der Waals surface area contributed by atoms with Crippen molar-refractivity contribution in [3.05, 3.63) is 28.4 Å². The van der Waals surface area contributed by atoms with Crippen LogP contribution in [0.3, 0.4) is 0 Å². The number of aromatic nitrogens is 1. The van der Waals surface area contributed by atoms with Crippen LogP contribution in [0.25, 0.3) is 0 Å². The number of nitrogens with two attached hydrogens (primary N) is 1. The van der Waals surface area contributed by atoms with Crippen LogP contribution >= 0.6 is 0 Å². The van der Waals surface area contributed by atoms with Gasteiger partial charge in [-0.3, -0.25) is 10.1 Å². The van der Waals surface area contributed by atoms with Crippen LogP contribution in [0.1, 0.15) is 0 Å². The summed E-state index contributed by atoms with van der Waals surface area (Å²) in [5, 5.41) is 12.9. The lowest BCUT2D eigenvalue weighted by Crippen LogP contribution is -1.93. The van der Waals surface area contributed by atoms with Gasteiger partial charge < -0.3 is 11.1 Å². The average molecular weight is 184 g/mol. The minimum Gasteiger partial charge on any atom is -0.373 e. The maximum atomic E-state index is 10.1. The standard InChI is InChI=1S/C6H7N3O2.CH5N/c1-7-6-3-2-5(4-8-6)9(10)11;1-2/h2-4H,1H3,(H,7,8);2H2,1H3. The van der Waals surface area contributed by atoms with Crippen LogP contribution in [0, 0.1) is 10.1 Å². The van der Waals surface area contributed by atoms with Crippen LogP contribution in [0.5, 0.6) is 0 Å². The number of nitrogens with zero attached hydrogens (tertiary/aromatic N) is 2. The van der Waals surface area contributed by atoms with E-state index in [0.29, 0.717) is 5.82 Å². The lowest BCUT2D eigenvalue weighted by atomic mass is 10.4. The predicted molar refractivity (Wildman–Crippen MR) is 50.5 cm³/mol. The Kier molecular flexibility index (Phi) is 5.13. The van der Waals surface area contributed by atoms with Gasteiger partial charge in [-0.15, -0.1) is 0 Å². The van der Waals surface area contributed by atoms with E-state index in [0.717, 1.165) is 0 Å². The number of anilines is 1. The molecule has 0 amide bonds. The normalized spacial score (nSPS) is 8.23. The summed E-state index contributed by atoms with van der Waals surface area (Å²) in [6.07, 6.45) is 1.21. The number of hydrogen-bond donors (Lipinski definition) is 2.